The summed E-state index contributed by atoms with van der Waals surface area (Å²) < 4.78 is 10.2. The summed E-state index contributed by atoms with van der Waals surface area (Å²) in [6.07, 6.45) is 0. The third-order valence-corrected chi connectivity index (χ3v) is 5.04. The number of carbonyl (C=O) groups is 3. The van der Waals surface area contributed by atoms with Gasteiger partial charge >= 0.3 is 11.9 Å². The molecule has 0 aliphatic carbocycles. The minimum atomic E-state index is -1.44. The lowest BCUT2D eigenvalue weighted by molar-refractivity contribution is -0.156. The number of H-pyrrole nitrogens is 1. The van der Waals surface area contributed by atoms with E-state index in [0.29, 0.717) is 15.9 Å². The average molecular weight is 448 g/mol. The van der Waals surface area contributed by atoms with E-state index in [9.17, 15) is 14.4 Å². The maximum atomic E-state index is 13.4. The van der Waals surface area contributed by atoms with E-state index >= 15 is 0 Å². The van der Waals surface area contributed by atoms with Crippen LogP contribution in [0.5, 0.6) is 0 Å². The number of esters is 2. The molecule has 0 bridgehead atoms. The van der Waals surface area contributed by atoms with Gasteiger partial charge in [-0.05, 0) is 38.1 Å². The Labute approximate surface area is 183 Å². The van der Waals surface area contributed by atoms with Crippen LogP contribution < -0.4 is 0 Å². The molecule has 0 saturated carbocycles. The van der Waals surface area contributed by atoms with Gasteiger partial charge in [0.05, 0.1) is 23.9 Å². The molecule has 0 atom stereocenters. The summed E-state index contributed by atoms with van der Waals surface area (Å²) in [6.45, 7) is 3.39. The van der Waals surface area contributed by atoms with E-state index in [-0.39, 0.29) is 35.1 Å². The molecule has 8 heteroatoms. The lowest BCUT2D eigenvalue weighted by atomic mass is 9.92. The van der Waals surface area contributed by atoms with Crippen LogP contribution in [0.3, 0.4) is 0 Å². The number of aromatic amines is 1. The first-order chi connectivity index (χ1) is 14.4. The molecule has 1 heterocycles. The van der Waals surface area contributed by atoms with Crippen molar-refractivity contribution in [3.8, 4) is 0 Å². The summed E-state index contributed by atoms with van der Waals surface area (Å²) >= 11 is 12.3. The van der Waals surface area contributed by atoms with Crippen molar-refractivity contribution in [1.82, 2.24) is 4.98 Å². The van der Waals surface area contributed by atoms with Gasteiger partial charge in [0.2, 0.25) is 5.78 Å². The highest BCUT2D eigenvalue weighted by atomic mass is 35.5. The second-order valence-corrected chi connectivity index (χ2v) is 7.19. The van der Waals surface area contributed by atoms with Gasteiger partial charge in [-0.2, -0.15) is 0 Å². The third-order valence-electron chi connectivity index (χ3n) is 4.48. The first-order valence-corrected chi connectivity index (χ1v) is 10.1. The van der Waals surface area contributed by atoms with Gasteiger partial charge in [0.25, 0.3) is 0 Å². The second kappa shape index (κ2) is 9.32. The number of ketones is 1. The summed E-state index contributed by atoms with van der Waals surface area (Å²) in [5, 5.41) is 1.16. The molecule has 0 spiro atoms. The number of ether oxygens (including phenoxy) is 2. The molecule has 0 aliphatic rings. The van der Waals surface area contributed by atoms with E-state index < -0.39 is 23.6 Å². The minimum absolute atomic E-state index is 0.0477. The zero-order valence-corrected chi connectivity index (χ0v) is 17.8. The van der Waals surface area contributed by atoms with E-state index in [2.05, 4.69) is 4.98 Å². The molecule has 0 unspecified atom stereocenters. The van der Waals surface area contributed by atoms with Crippen LogP contribution in [0.15, 0.2) is 42.5 Å². The largest absolute Gasteiger partial charge is 0.465 e. The Kier molecular flexibility index (Phi) is 6.80. The van der Waals surface area contributed by atoms with Gasteiger partial charge in [-0.25, -0.2) is 0 Å². The number of hydrogen-bond acceptors (Lipinski definition) is 5. The normalized spacial score (nSPS) is 11.0. The molecule has 3 aromatic rings. The third kappa shape index (κ3) is 4.20. The van der Waals surface area contributed by atoms with Gasteiger partial charge in [0.15, 0.2) is 5.92 Å². The fourth-order valence-electron chi connectivity index (χ4n) is 3.23. The van der Waals surface area contributed by atoms with Crippen molar-refractivity contribution < 1.29 is 23.9 Å². The van der Waals surface area contributed by atoms with Gasteiger partial charge in [-0.15, -0.1) is 0 Å². The number of carbonyl (C=O) groups excluding carboxylic acids is 3. The Morgan fingerprint density at radius 2 is 1.60 bits per heavy atom. The fraction of sp³-hybridized carbons (Fsp3) is 0.227. The maximum absolute atomic E-state index is 13.4. The highest BCUT2D eigenvalue weighted by Gasteiger charge is 2.38. The van der Waals surface area contributed by atoms with Gasteiger partial charge in [-0.1, -0.05) is 41.4 Å². The number of benzene rings is 2. The summed E-state index contributed by atoms with van der Waals surface area (Å²) in [7, 11) is 0. The number of aromatic nitrogens is 1. The molecule has 156 valence electrons. The smallest absolute Gasteiger partial charge is 0.324 e. The topological polar surface area (TPSA) is 85.5 Å². The van der Waals surface area contributed by atoms with Crippen LogP contribution in [0.25, 0.3) is 10.9 Å². The van der Waals surface area contributed by atoms with Crippen LogP contribution in [-0.2, 0) is 19.1 Å². The minimum Gasteiger partial charge on any atom is -0.465 e. The van der Waals surface area contributed by atoms with Gasteiger partial charge < -0.3 is 14.5 Å². The standard InChI is InChI=1S/C22H19Cl2NO5/c1-3-29-21(27)18(22(28)30-4-2)17-14-10-9-12(23)11-16(14)25-19(17)20(26)13-7-5-6-8-15(13)24/h5-11,18,25H,3-4H2,1-2H3. The van der Waals surface area contributed by atoms with Crippen LogP contribution in [0.2, 0.25) is 10.0 Å². The van der Waals surface area contributed by atoms with E-state index in [1.165, 1.54) is 0 Å². The predicted octanol–water partition coefficient (Wildman–Crippen LogP) is 4.92. The number of fused-ring (bicyclic) bond motifs is 1. The molecule has 2 aromatic carbocycles. The maximum Gasteiger partial charge on any atom is 0.324 e. The summed E-state index contributed by atoms with van der Waals surface area (Å²) in [5.41, 5.74) is 0.936. The molecule has 30 heavy (non-hydrogen) atoms. The van der Waals surface area contributed by atoms with Crippen molar-refractivity contribution in [2.24, 2.45) is 0 Å². The summed E-state index contributed by atoms with van der Waals surface area (Å²) in [5.74, 6) is -3.53. The lowest BCUT2D eigenvalue weighted by Crippen LogP contribution is -2.27. The molecule has 0 radical (unpaired) electrons. The number of nitrogens with one attached hydrogen (secondary N) is 1. The number of hydrogen-bond donors (Lipinski definition) is 1. The first-order valence-electron chi connectivity index (χ1n) is 9.32. The van der Waals surface area contributed by atoms with Crippen molar-refractivity contribution in [2.45, 2.75) is 19.8 Å². The highest BCUT2D eigenvalue weighted by Crippen LogP contribution is 2.35. The second-order valence-electron chi connectivity index (χ2n) is 6.35. The Balaban J connectivity index is 2.28. The zero-order valence-electron chi connectivity index (χ0n) is 16.3. The van der Waals surface area contributed by atoms with Crippen LogP contribution in [-0.4, -0.2) is 35.9 Å². The monoisotopic (exact) mass is 447 g/mol. The Bertz CT molecular complexity index is 1100. The molecule has 1 aromatic heterocycles. The van der Waals surface area contributed by atoms with Crippen LogP contribution in [0, 0.1) is 0 Å². The lowest BCUT2D eigenvalue weighted by Gasteiger charge is -2.16. The van der Waals surface area contributed by atoms with Crippen molar-refractivity contribution in [3.05, 3.63) is 69.3 Å². The van der Waals surface area contributed by atoms with Crippen molar-refractivity contribution in [2.75, 3.05) is 13.2 Å². The molecular formula is C22H19Cl2NO5. The Hall–Kier alpha value is -2.83. The average Bonchev–Trinajstić information content (AvgIpc) is 3.06. The van der Waals surface area contributed by atoms with Gasteiger partial charge in [0.1, 0.15) is 0 Å². The Morgan fingerprint density at radius 1 is 0.967 bits per heavy atom. The van der Waals surface area contributed by atoms with E-state index in [1.807, 2.05) is 0 Å². The van der Waals surface area contributed by atoms with E-state index in [1.54, 1.807) is 56.3 Å². The molecule has 0 fully saturated rings. The molecule has 6 nitrogen and oxygen atoms in total. The van der Waals surface area contributed by atoms with E-state index in [4.69, 9.17) is 32.7 Å². The fourth-order valence-corrected chi connectivity index (χ4v) is 3.63. The SMILES string of the molecule is CCOC(=O)C(C(=O)OCC)c1c(C(=O)c2ccccc2Cl)[nH]c2cc(Cl)ccc12. The molecule has 0 aliphatic heterocycles. The molecule has 0 saturated heterocycles. The molecule has 3 rings (SSSR count). The quantitative estimate of drug-likeness (QED) is 0.315. The van der Waals surface area contributed by atoms with E-state index in [0.717, 1.165) is 0 Å². The molecule has 0 amide bonds. The molecular weight excluding hydrogens is 429 g/mol. The van der Waals surface area contributed by atoms with Crippen LogP contribution in [0.4, 0.5) is 0 Å². The molecule has 1 N–H and O–H groups in total. The number of rotatable bonds is 7. The number of halogens is 2. The zero-order chi connectivity index (χ0) is 21.8. The van der Waals surface area contributed by atoms with Gasteiger partial charge in [0, 0.05) is 27.1 Å². The van der Waals surface area contributed by atoms with Crippen LogP contribution in [0.1, 0.15) is 41.4 Å². The highest BCUT2D eigenvalue weighted by molar-refractivity contribution is 6.35. The van der Waals surface area contributed by atoms with Crippen molar-refractivity contribution in [3.63, 3.8) is 0 Å². The van der Waals surface area contributed by atoms with Crippen LogP contribution >= 0.6 is 23.2 Å². The van der Waals surface area contributed by atoms with Gasteiger partial charge in [-0.3, -0.25) is 14.4 Å². The Morgan fingerprint density at radius 3 is 2.20 bits per heavy atom. The first kappa shape index (κ1) is 21.9. The predicted molar refractivity (Wildman–Crippen MR) is 114 cm³/mol. The summed E-state index contributed by atoms with van der Waals surface area (Å²) in [4.78, 5) is 41.8. The summed E-state index contributed by atoms with van der Waals surface area (Å²) in [6, 6.07) is 11.4. The van der Waals surface area contributed by atoms with Crippen molar-refractivity contribution in [1.29, 1.82) is 0 Å². The van der Waals surface area contributed by atoms with Crippen molar-refractivity contribution >= 4 is 51.8 Å².